The lowest BCUT2D eigenvalue weighted by Crippen LogP contribution is -2.47. The third kappa shape index (κ3) is 4.46. The molecule has 25 heavy (non-hydrogen) atoms. The molecule has 2 heterocycles. The zero-order valence-electron chi connectivity index (χ0n) is 13.7. The number of aromatic nitrogens is 1. The van der Waals surface area contributed by atoms with Crippen LogP contribution in [0.2, 0.25) is 5.02 Å². The maximum atomic E-state index is 13.9. The highest BCUT2D eigenvalue weighted by atomic mass is 35.5. The fraction of sp³-hybridized carbons (Fsp3) is 0.333. The van der Waals surface area contributed by atoms with Crippen LogP contribution in [0.4, 0.5) is 10.1 Å². The normalized spacial score (nSPS) is 15.2. The fourth-order valence-corrected chi connectivity index (χ4v) is 2.95. The van der Waals surface area contributed by atoms with Crippen LogP contribution in [0.25, 0.3) is 0 Å². The van der Waals surface area contributed by atoms with E-state index in [1.165, 1.54) is 6.07 Å². The summed E-state index contributed by atoms with van der Waals surface area (Å²) in [5.74, 6) is 0.0770. The Morgan fingerprint density at radius 3 is 2.76 bits per heavy atom. The number of hydrogen-bond acceptors (Lipinski definition) is 5. The van der Waals surface area contributed by atoms with Gasteiger partial charge in [-0.1, -0.05) is 17.7 Å². The quantitative estimate of drug-likeness (QED) is 0.738. The van der Waals surface area contributed by atoms with Gasteiger partial charge >= 0.3 is 0 Å². The molecule has 1 aliphatic heterocycles. The topological polar surface area (TPSA) is 45.7 Å². The van der Waals surface area contributed by atoms with Crippen molar-refractivity contribution in [3.05, 3.63) is 52.9 Å². The lowest BCUT2D eigenvalue weighted by atomic mass is 10.2. The highest BCUT2D eigenvalue weighted by Gasteiger charge is 2.20. The Bertz CT molecular complexity index is 736. The summed E-state index contributed by atoms with van der Waals surface area (Å²) in [4.78, 5) is 19.2. The van der Waals surface area contributed by atoms with Crippen molar-refractivity contribution in [2.75, 3.05) is 37.6 Å². The largest absolute Gasteiger partial charge is 0.471 e. The van der Waals surface area contributed by atoms with Gasteiger partial charge in [-0.25, -0.2) is 9.37 Å². The van der Waals surface area contributed by atoms with Gasteiger partial charge in [0.25, 0.3) is 0 Å². The molecule has 3 rings (SSSR count). The molecule has 0 spiro atoms. The van der Waals surface area contributed by atoms with Crippen LogP contribution in [0.3, 0.4) is 0 Å². The molecule has 5 nitrogen and oxygen atoms in total. The first-order valence-corrected chi connectivity index (χ1v) is 8.48. The molecule has 1 aromatic heterocycles. The van der Waals surface area contributed by atoms with E-state index in [2.05, 4.69) is 14.8 Å². The second-order valence-electron chi connectivity index (χ2n) is 5.81. The van der Waals surface area contributed by atoms with Crippen LogP contribution in [-0.2, 0) is 11.4 Å². The number of hydrogen-bond donors (Lipinski definition) is 0. The van der Waals surface area contributed by atoms with Gasteiger partial charge in [-0.2, -0.15) is 0 Å². The monoisotopic (exact) mass is 363 g/mol. The summed E-state index contributed by atoms with van der Waals surface area (Å²) in [6.07, 6.45) is 2.58. The molecule has 1 aromatic carbocycles. The molecule has 1 saturated heterocycles. The van der Waals surface area contributed by atoms with E-state index in [1.807, 2.05) is 12.1 Å². The number of aldehydes is 1. The highest BCUT2D eigenvalue weighted by molar-refractivity contribution is 6.30. The van der Waals surface area contributed by atoms with Crippen molar-refractivity contribution in [3.8, 4) is 5.88 Å². The molecule has 132 valence electrons. The molecule has 0 saturated carbocycles. The summed E-state index contributed by atoms with van der Waals surface area (Å²) in [6.45, 7) is 3.71. The summed E-state index contributed by atoms with van der Waals surface area (Å²) in [7, 11) is 0. The van der Waals surface area contributed by atoms with E-state index >= 15 is 0 Å². The highest BCUT2D eigenvalue weighted by Crippen LogP contribution is 2.27. The molecule has 1 aliphatic rings. The molecule has 7 heteroatoms. The van der Waals surface area contributed by atoms with Crippen molar-refractivity contribution in [2.45, 2.75) is 6.61 Å². The Morgan fingerprint density at radius 2 is 2.04 bits per heavy atom. The Hall–Kier alpha value is -2.18. The van der Waals surface area contributed by atoms with E-state index < -0.39 is 5.82 Å². The molecular weight excluding hydrogens is 345 g/mol. The van der Waals surface area contributed by atoms with Crippen LogP contribution in [0.5, 0.6) is 5.88 Å². The first-order valence-electron chi connectivity index (χ1n) is 8.10. The molecule has 0 aliphatic carbocycles. The van der Waals surface area contributed by atoms with Crippen LogP contribution in [-0.4, -0.2) is 48.9 Å². The van der Waals surface area contributed by atoms with E-state index in [9.17, 15) is 9.18 Å². The maximum Gasteiger partial charge on any atom is 0.237 e. The summed E-state index contributed by atoms with van der Waals surface area (Å²) in [5.41, 5.74) is 1.31. The van der Waals surface area contributed by atoms with Crippen LogP contribution in [0, 0.1) is 5.82 Å². The van der Waals surface area contributed by atoms with Gasteiger partial charge < -0.3 is 14.4 Å². The van der Waals surface area contributed by atoms with Gasteiger partial charge in [0.2, 0.25) is 5.88 Å². The Balaban J connectivity index is 1.68. The minimum Gasteiger partial charge on any atom is -0.471 e. The van der Waals surface area contributed by atoms with E-state index in [-0.39, 0.29) is 6.61 Å². The molecule has 0 radical (unpaired) electrons. The second kappa shape index (κ2) is 8.27. The van der Waals surface area contributed by atoms with Gasteiger partial charge in [-0.05, 0) is 24.3 Å². The number of rotatable bonds is 6. The number of ether oxygens (including phenoxy) is 1. The van der Waals surface area contributed by atoms with Crippen LogP contribution in [0.15, 0.2) is 36.5 Å². The zero-order chi connectivity index (χ0) is 17.6. The zero-order valence-corrected chi connectivity index (χ0v) is 14.5. The number of pyridine rings is 1. The number of nitrogens with zero attached hydrogens (tertiary/aromatic N) is 3. The van der Waals surface area contributed by atoms with E-state index in [4.69, 9.17) is 16.3 Å². The van der Waals surface area contributed by atoms with Crippen molar-refractivity contribution < 1.29 is 13.9 Å². The Morgan fingerprint density at radius 1 is 1.24 bits per heavy atom. The number of benzene rings is 1. The third-order valence-corrected chi connectivity index (χ3v) is 4.41. The predicted molar refractivity (Wildman–Crippen MR) is 94.7 cm³/mol. The molecule has 0 unspecified atom stereocenters. The number of halogens is 2. The molecule has 1 fully saturated rings. The fourth-order valence-electron chi connectivity index (χ4n) is 2.80. The van der Waals surface area contributed by atoms with Crippen molar-refractivity contribution >= 4 is 23.6 Å². The SMILES string of the molecule is O=CCN1CCN(c2cccnc2OCc2ccc(Cl)cc2F)CC1. The van der Waals surface area contributed by atoms with Gasteiger partial charge in [0.05, 0.1) is 12.2 Å². The number of carbonyl (C=O) groups excluding carboxylic acids is 1. The van der Waals surface area contributed by atoms with Crippen molar-refractivity contribution in [1.82, 2.24) is 9.88 Å². The summed E-state index contributed by atoms with van der Waals surface area (Å²) < 4.78 is 19.7. The molecular formula is C18H19ClFN3O2. The standard InChI is InChI=1S/C18H19ClFN3O2/c19-15-4-3-14(16(20)12-15)13-25-18-17(2-1-5-21-18)23-8-6-22(7-9-23)10-11-24/h1-5,11-12H,6-10,13H2. The minimum atomic E-state index is -0.396. The van der Waals surface area contributed by atoms with Gasteiger partial charge in [-0.3, -0.25) is 4.90 Å². The molecule has 2 aromatic rings. The Labute approximate surface area is 151 Å². The van der Waals surface area contributed by atoms with Crippen LogP contribution >= 0.6 is 11.6 Å². The molecule has 0 bridgehead atoms. The van der Waals surface area contributed by atoms with Crippen molar-refractivity contribution in [2.24, 2.45) is 0 Å². The first-order chi connectivity index (χ1) is 12.2. The minimum absolute atomic E-state index is 0.0815. The predicted octanol–water partition coefficient (Wildman–Crippen LogP) is 2.77. The average Bonchev–Trinajstić information content (AvgIpc) is 2.62. The number of carbonyl (C=O) groups is 1. The van der Waals surface area contributed by atoms with Gasteiger partial charge in [-0.15, -0.1) is 0 Å². The lowest BCUT2D eigenvalue weighted by molar-refractivity contribution is -0.108. The molecule has 0 atom stereocenters. The third-order valence-electron chi connectivity index (χ3n) is 4.18. The molecule has 0 N–H and O–H groups in total. The maximum absolute atomic E-state index is 13.9. The second-order valence-corrected chi connectivity index (χ2v) is 6.24. The van der Waals surface area contributed by atoms with Gasteiger partial charge in [0.15, 0.2) is 0 Å². The van der Waals surface area contributed by atoms with Crippen molar-refractivity contribution in [3.63, 3.8) is 0 Å². The lowest BCUT2D eigenvalue weighted by Gasteiger charge is -2.35. The Kier molecular flexibility index (Phi) is 5.83. The van der Waals surface area contributed by atoms with Gasteiger partial charge in [0, 0.05) is 43.0 Å². The van der Waals surface area contributed by atoms with E-state index in [1.54, 1.807) is 18.3 Å². The smallest absolute Gasteiger partial charge is 0.237 e. The number of anilines is 1. The van der Waals surface area contributed by atoms with E-state index in [0.717, 1.165) is 38.2 Å². The van der Waals surface area contributed by atoms with Gasteiger partial charge in [0.1, 0.15) is 18.7 Å². The average molecular weight is 364 g/mol. The van der Waals surface area contributed by atoms with Crippen LogP contribution < -0.4 is 9.64 Å². The van der Waals surface area contributed by atoms with E-state index in [0.29, 0.717) is 23.0 Å². The summed E-state index contributed by atoms with van der Waals surface area (Å²) in [6, 6.07) is 8.30. The van der Waals surface area contributed by atoms with Crippen LogP contribution in [0.1, 0.15) is 5.56 Å². The summed E-state index contributed by atoms with van der Waals surface area (Å²) >= 11 is 5.77. The van der Waals surface area contributed by atoms with Crippen molar-refractivity contribution in [1.29, 1.82) is 0 Å². The number of piperazine rings is 1. The molecule has 0 amide bonds. The first kappa shape index (κ1) is 17.6. The summed E-state index contributed by atoms with van der Waals surface area (Å²) in [5, 5.41) is 0.355.